The molecular weight excluding hydrogens is 340 g/mol. The molecule has 1 aromatic carbocycles. The number of likely N-dealkylation sites (tertiary alicyclic amines) is 1. The number of aromatic nitrogens is 1. The molecule has 0 saturated carbocycles. The van der Waals surface area contributed by atoms with Crippen LogP contribution in [0.15, 0.2) is 34.9 Å². The molecule has 0 atom stereocenters. The molecule has 0 bridgehead atoms. The van der Waals surface area contributed by atoms with Gasteiger partial charge in [0.1, 0.15) is 5.01 Å². The molecule has 4 nitrogen and oxygen atoms in total. The van der Waals surface area contributed by atoms with Gasteiger partial charge < -0.3 is 5.11 Å². The first kappa shape index (κ1) is 13.7. The molecule has 2 heterocycles. The van der Waals surface area contributed by atoms with Gasteiger partial charge in [0.25, 0.3) is 0 Å². The van der Waals surface area contributed by atoms with Crippen LogP contribution in [0.4, 0.5) is 0 Å². The average Bonchev–Trinajstić information content (AvgIpc) is 2.82. The lowest BCUT2D eigenvalue weighted by Gasteiger charge is -2.36. The molecular formula is C14H13BrN2O2S. The van der Waals surface area contributed by atoms with Crippen molar-refractivity contribution in [2.75, 3.05) is 13.1 Å². The fraction of sp³-hybridized carbons (Fsp3) is 0.286. The van der Waals surface area contributed by atoms with Gasteiger partial charge in [-0.05, 0) is 12.1 Å². The summed E-state index contributed by atoms with van der Waals surface area (Å²) in [6.07, 6.45) is 1.89. The third kappa shape index (κ3) is 2.92. The number of benzene rings is 1. The van der Waals surface area contributed by atoms with Gasteiger partial charge in [-0.1, -0.05) is 28.1 Å². The van der Waals surface area contributed by atoms with E-state index in [1.807, 2.05) is 30.5 Å². The minimum atomic E-state index is -0.693. The van der Waals surface area contributed by atoms with Crippen LogP contribution >= 0.6 is 27.3 Å². The molecule has 1 aliphatic rings. The van der Waals surface area contributed by atoms with Gasteiger partial charge in [-0.15, -0.1) is 11.3 Å². The van der Waals surface area contributed by atoms with Crippen LogP contribution in [0, 0.1) is 5.92 Å². The summed E-state index contributed by atoms with van der Waals surface area (Å²) >= 11 is 5.08. The minimum absolute atomic E-state index is 0.200. The van der Waals surface area contributed by atoms with E-state index in [1.54, 1.807) is 11.3 Å². The van der Waals surface area contributed by atoms with E-state index in [1.165, 1.54) is 4.88 Å². The van der Waals surface area contributed by atoms with E-state index in [0.717, 1.165) is 21.6 Å². The maximum Gasteiger partial charge on any atom is 0.309 e. The first-order valence-electron chi connectivity index (χ1n) is 6.27. The number of hydrogen-bond acceptors (Lipinski definition) is 4. The molecule has 0 radical (unpaired) electrons. The fourth-order valence-electron chi connectivity index (χ4n) is 2.18. The highest BCUT2D eigenvalue weighted by molar-refractivity contribution is 9.10. The molecule has 2 aromatic rings. The van der Waals surface area contributed by atoms with Gasteiger partial charge in [-0.25, -0.2) is 4.98 Å². The smallest absolute Gasteiger partial charge is 0.309 e. The Bertz CT molecular complexity index is 620. The molecule has 0 aliphatic carbocycles. The normalized spacial score (nSPS) is 16.1. The van der Waals surface area contributed by atoms with Crippen LogP contribution in [-0.2, 0) is 11.3 Å². The van der Waals surface area contributed by atoms with E-state index in [-0.39, 0.29) is 5.92 Å². The van der Waals surface area contributed by atoms with Crippen LogP contribution < -0.4 is 0 Å². The monoisotopic (exact) mass is 352 g/mol. The number of thiazole rings is 1. The number of rotatable bonds is 4. The van der Waals surface area contributed by atoms with Gasteiger partial charge in [-0.3, -0.25) is 9.69 Å². The molecule has 0 spiro atoms. The summed E-state index contributed by atoms with van der Waals surface area (Å²) in [5.74, 6) is -0.894. The maximum atomic E-state index is 10.8. The first-order chi connectivity index (χ1) is 9.61. The number of halogens is 1. The SMILES string of the molecule is O=C(O)C1CN(Cc2cnc(-c3ccc(Br)cc3)s2)C1. The van der Waals surface area contributed by atoms with E-state index >= 15 is 0 Å². The second-order valence-electron chi connectivity index (χ2n) is 4.87. The standard InChI is InChI=1S/C14H13BrN2O2S/c15-11-3-1-9(2-4-11)13-16-5-12(20-13)8-17-6-10(7-17)14(18)19/h1-5,10H,6-8H2,(H,18,19). The Kier molecular flexibility index (Phi) is 3.87. The van der Waals surface area contributed by atoms with Crippen molar-refractivity contribution in [1.29, 1.82) is 0 Å². The predicted octanol–water partition coefficient (Wildman–Crippen LogP) is 3.09. The third-order valence-corrected chi connectivity index (χ3v) is 4.89. The number of aliphatic carboxylic acids is 1. The number of carboxylic acid groups (broad SMARTS) is 1. The summed E-state index contributed by atoms with van der Waals surface area (Å²) in [7, 11) is 0. The van der Waals surface area contributed by atoms with Gasteiger partial charge in [0.2, 0.25) is 0 Å². The second kappa shape index (κ2) is 5.63. The summed E-state index contributed by atoms with van der Waals surface area (Å²) in [6, 6.07) is 8.08. The Morgan fingerprint density at radius 3 is 2.75 bits per heavy atom. The zero-order valence-corrected chi connectivity index (χ0v) is 13.0. The molecule has 1 fully saturated rings. The lowest BCUT2D eigenvalue weighted by Crippen LogP contribution is -2.49. The number of carbonyl (C=O) groups is 1. The van der Waals surface area contributed by atoms with E-state index in [9.17, 15) is 4.79 Å². The average molecular weight is 353 g/mol. The molecule has 104 valence electrons. The van der Waals surface area contributed by atoms with Crippen LogP contribution in [0.3, 0.4) is 0 Å². The largest absolute Gasteiger partial charge is 0.481 e. The van der Waals surface area contributed by atoms with Gasteiger partial charge >= 0.3 is 5.97 Å². The summed E-state index contributed by atoms with van der Waals surface area (Å²) in [5.41, 5.74) is 1.11. The quantitative estimate of drug-likeness (QED) is 0.918. The number of hydrogen-bond donors (Lipinski definition) is 1. The molecule has 0 unspecified atom stereocenters. The summed E-state index contributed by atoms with van der Waals surface area (Å²) in [4.78, 5) is 18.5. The Hall–Kier alpha value is -1.24. The summed E-state index contributed by atoms with van der Waals surface area (Å²) in [6.45, 7) is 2.07. The van der Waals surface area contributed by atoms with Crippen molar-refractivity contribution in [2.24, 2.45) is 5.92 Å². The van der Waals surface area contributed by atoms with E-state index in [4.69, 9.17) is 5.11 Å². The van der Waals surface area contributed by atoms with Crippen molar-refractivity contribution in [3.05, 3.63) is 39.8 Å². The van der Waals surface area contributed by atoms with E-state index < -0.39 is 5.97 Å². The van der Waals surface area contributed by atoms with Gasteiger partial charge in [-0.2, -0.15) is 0 Å². The lowest BCUT2D eigenvalue weighted by atomic mass is 10.0. The van der Waals surface area contributed by atoms with Crippen LogP contribution in [-0.4, -0.2) is 34.0 Å². The van der Waals surface area contributed by atoms with Crippen molar-refractivity contribution in [3.63, 3.8) is 0 Å². The number of nitrogens with zero attached hydrogens (tertiary/aromatic N) is 2. The summed E-state index contributed by atoms with van der Waals surface area (Å²) < 4.78 is 1.05. The van der Waals surface area contributed by atoms with Crippen LogP contribution in [0.1, 0.15) is 4.88 Å². The van der Waals surface area contributed by atoms with Crippen LogP contribution in [0.2, 0.25) is 0 Å². The topological polar surface area (TPSA) is 53.4 Å². The zero-order chi connectivity index (χ0) is 14.1. The van der Waals surface area contributed by atoms with Crippen LogP contribution in [0.25, 0.3) is 10.6 Å². The van der Waals surface area contributed by atoms with E-state index in [0.29, 0.717) is 13.1 Å². The van der Waals surface area contributed by atoms with Crippen molar-refractivity contribution in [2.45, 2.75) is 6.54 Å². The van der Waals surface area contributed by atoms with Gasteiger partial charge in [0.15, 0.2) is 0 Å². The molecule has 1 aromatic heterocycles. The Morgan fingerprint density at radius 1 is 1.40 bits per heavy atom. The highest BCUT2D eigenvalue weighted by Gasteiger charge is 2.32. The van der Waals surface area contributed by atoms with Crippen molar-refractivity contribution in [3.8, 4) is 10.6 Å². The summed E-state index contributed by atoms with van der Waals surface area (Å²) in [5, 5.41) is 9.85. The highest BCUT2D eigenvalue weighted by atomic mass is 79.9. The Morgan fingerprint density at radius 2 is 2.10 bits per heavy atom. The zero-order valence-electron chi connectivity index (χ0n) is 10.6. The molecule has 20 heavy (non-hydrogen) atoms. The first-order valence-corrected chi connectivity index (χ1v) is 7.88. The maximum absolute atomic E-state index is 10.8. The van der Waals surface area contributed by atoms with Crippen LogP contribution in [0.5, 0.6) is 0 Å². The van der Waals surface area contributed by atoms with Gasteiger partial charge in [0, 0.05) is 40.7 Å². The highest BCUT2D eigenvalue weighted by Crippen LogP contribution is 2.28. The third-order valence-electron chi connectivity index (χ3n) is 3.33. The molecule has 1 N–H and O–H groups in total. The fourth-order valence-corrected chi connectivity index (χ4v) is 3.41. The van der Waals surface area contributed by atoms with Gasteiger partial charge in [0.05, 0.1) is 5.92 Å². The molecule has 6 heteroatoms. The minimum Gasteiger partial charge on any atom is -0.481 e. The van der Waals surface area contributed by atoms with E-state index in [2.05, 4.69) is 25.8 Å². The predicted molar refractivity (Wildman–Crippen MR) is 81.7 cm³/mol. The second-order valence-corrected chi connectivity index (χ2v) is 6.90. The Balaban J connectivity index is 1.63. The van der Waals surface area contributed by atoms with Crippen molar-refractivity contribution >= 4 is 33.2 Å². The molecule has 1 aliphatic heterocycles. The molecule has 0 amide bonds. The van der Waals surface area contributed by atoms with Crippen molar-refractivity contribution in [1.82, 2.24) is 9.88 Å². The van der Waals surface area contributed by atoms with Crippen molar-refractivity contribution < 1.29 is 9.90 Å². The lowest BCUT2D eigenvalue weighted by molar-refractivity contribution is -0.147. The molecule has 1 saturated heterocycles. The molecule has 3 rings (SSSR count). The number of carboxylic acids is 1. The Labute approximate surface area is 129 Å².